The highest BCUT2D eigenvalue weighted by atomic mass is 19.4. The van der Waals surface area contributed by atoms with Gasteiger partial charge in [0.05, 0.1) is 24.4 Å². The lowest BCUT2D eigenvalue weighted by molar-refractivity contribution is -0.137. The maximum atomic E-state index is 13.6. The predicted octanol–water partition coefficient (Wildman–Crippen LogP) is 0.751. The molecule has 1 aromatic carbocycles. The van der Waals surface area contributed by atoms with E-state index in [9.17, 15) is 38.1 Å². The highest BCUT2D eigenvalue weighted by Gasteiger charge is 2.44. The average molecular weight is 479 g/mol. The van der Waals surface area contributed by atoms with Gasteiger partial charge in [0.25, 0.3) is 5.56 Å². The minimum atomic E-state index is -4.67. The van der Waals surface area contributed by atoms with Crippen LogP contribution >= 0.6 is 0 Å². The molecule has 4 rings (SSSR count). The van der Waals surface area contributed by atoms with Crippen LogP contribution in [0, 0.1) is 0 Å². The normalized spacial score (nSPS) is 22.8. The molecule has 4 unspecified atom stereocenters. The molecule has 1 fully saturated rings. The van der Waals surface area contributed by atoms with E-state index in [1.807, 2.05) is 0 Å². The molecule has 1 aliphatic heterocycles. The predicted molar refractivity (Wildman–Crippen MR) is 112 cm³/mol. The Morgan fingerprint density at radius 1 is 1.06 bits per heavy atom. The molecule has 4 atom stereocenters. The standard InChI is InChI=1S/C22H20F3N3O6/c23-22(24,25)15-9-26-13(8-14(15)12-4-2-1-3-5-12)10-28-17(30)6-7-27(21(28)33)20-19(32)18(31)16(11-29)34-20/h1-9,16,18-20,29,31-32H,10-11H2. The molecule has 3 heterocycles. The monoisotopic (exact) mass is 479 g/mol. The second-order valence-electron chi connectivity index (χ2n) is 7.74. The van der Waals surface area contributed by atoms with Crippen LogP contribution in [0.1, 0.15) is 17.5 Å². The number of rotatable bonds is 5. The maximum Gasteiger partial charge on any atom is 0.418 e. The fourth-order valence-corrected chi connectivity index (χ4v) is 3.81. The molecular formula is C22H20F3N3O6. The molecule has 1 saturated heterocycles. The van der Waals surface area contributed by atoms with Gasteiger partial charge < -0.3 is 20.1 Å². The van der Waals surface area contributed by atoms with Crippen LogP contribution in [0.25, 0.3) is 11.1 Å². The van der Waals surface area contributed by atoms with Gasteiger partial charge in [-0.1, -0.05) is 30.3 Å². The molecular weight excluding hydrogens is 459 g/mol. The van der Waals surface area contributed by atoms with Crippen molar-refractivity contribution in [1.29, 1.82) is 0 Å². The Balaban J connectivity index is 1.75. The van der Waals surface area contributed by atoms with Crippen molar-refractivity contribution in [2.45, 2.75) is 37.3 Å². The van der Waals surface area contributed by atoms with Crippen LogP contribution in [0.2, 0.25) is 0 Å². The van der Waals surface area contributed by atoms with Crippen LogP contribution in [-0.4, -0.2) is 54.4 Å². The van der Waals surface area contributed by atoms with Crippen molar-refractivity contribution < 1.29 is 33.2 Å². The fraction of sp³-hybridized carbons (Fsp3) is 0.318. The molecule has 3 aromatic rings. The third-order valence-electron chi connectivity index (χ3n) is 5.56. The van der Waals surface area contributed by atoms with E-state index in [0.29, 0.717) is 6.20 Å². The number of hydrogen-bond donors (Lipinski definition) is 3. The van der Waals surface area contributed by atoms with Gasteiger partial charge in [-0.3, -0.25) is 18.9 Å². The van der Waals surface area contributed by atoms with Crippen molar-refractivity contribution in [3.8, 4) is 11.1 Å². The van der Waals surface area contributed by atoms with E-state index in [2.05, 4.69) is 4.98 Å². The Bertz CT molecular complexity index is 1290. The minimum Gasteiger partial charge on any atom is -0.394 e. The van der Waals surface area contributed by atoms with E-state index < -0.39 is 60.7 Å². The Hall–Kier alpha value is -3.32. The summed E-state index contributed by atoms with van der Waals surface area (Å²) in [5.41, 5.74) is -2.52. The third kappa shape index (κ3) is 4.40. The first kappa shape index (κ1) is 23.8. The van der Waals surface area contributed by atoms with Crippen molar-refractivity contribution in [2.24, 2.45) is 0 Å². The van der Waals surface area contributed by atoms with E-state index in [-0.39, 0.29) is 16.8 Å². The summed E-state index contributed by atoms with van der Waals surface area (Å²) in [6.45, 7) is -1.06. The summed E-state index contributed by atoms with van der Waals surface area (Å²) < 4.78 is 47.6. The molecule has 1 aliphatic rings. The number of pyridine rings is 1. The highest BCUT2D eigenvalue weighted by Crippen LogP contribution is 2.37. The Morgan fingerprint density at radius 2 is 1.76 bits per heavy atom. The van der Waals surface area contributed by atoms with Gasteiger partial charge in [0, 0.05) is 18.5 Å². The molecule has 0 spiro atoms. The molecule has 34 heavy (non-hydrogen) atoms. The number of hydrogen-bond acceptors (Lipinski definition) is 7. The molecule has 0 saturated carbocycles. The average Bonchev–Trinajstić information content (AvgIpc) is 3.10. The van der Waals surface area contributed by atoms with Crippen LogP contribution in [-0.2, 0) is 17.5 Å². The zero-order valence-corrected chi connectivity index (χ0v) is 17.5. The van der Waals surface area contributed by atoms with Crippen LogP contribution in [0.5, 0.6) is 0 Å². The third-order valence-corrected chi connectivity index (χ3v) is 5.56. The topological polar surface area (TPSA) is 127 Å². The quantitative estimate of drug-likeness (QED) is 0.493. The van der Waals surface area contributed by atoms with E-state index in [1.165, 1.54) is 12.1 Å². The van der Waals surface area contributed by atoms with Gasteiger partial charge in [0.2, 0.25) is 0 Å². The Morgan fingerprint density at radius 3 is 2.38 bits per heavy atom. The summed E-state index contributed by atoms with van der Waals surface area (Å²) in [7, 11) is 0. The van der Waals surface area contributed by atoms with Gasteiger partial charge in [-0.15, -0.1) is 0 Å². The summed E-state index contributed by atoms with van der Waals surface area (Å²) in [6.07, 6.45) is -8.51. The smallest absolute Gasteiger partial charge is 0.394 e. The molecule has 0 aliphatic carbocycles. The summed E-state index contributed by atoms with van der Waals surface area (Å²) in [4.78, 5) is 29.2. The number of halogens is 3. The number of aromatic nitrogens is 3. The maximum absolute atomic E-state index is 13.6. The SMILES string of the molecule is O=c1ccn(C2OC(CO)C(O)C2O)c(=O)n1Cc1cc(-c2ccccc2)c(C(F)(F)F)cn1. The number of aliphatic hydroxyl groups is 3. The summed E-state index contributed by atoms with van der Waals surface area (Å²) >= 11 is 0. The van der Waals surface area contributed by atoms with E-state index in [4.69, 9.17) is 4.74 Å². The van der Waals surface area contributed by atoms with Crippen LogP contribution < -0.4 is 11.2 Å². The lowest BCUT2D eigenvalue weighted by atomic mass is 10.0. The van der Waals surface area contributed by atoms with Gasteiger partial charge in [0.15, 0.2) is 6.23 Å². The molecule has 0 amide bonds. The molecule has 3 N–H and O–H groups in total. The lowest BCUT2D eigenvalue weighted by Crippen LogP contribution is -2.43. The number of ether oxygens (including phenoxy) is 1. The van der Waals surface area contributed by atoms with Gasteiger partial charge in [-0.25, -0.2) is 4.79 Å². The highest BCUT2D eigenvalue weighted by molar-refractivity contribution is 5.68. The van der Waals surface area contributed by atoms with Gasteiger partial charge in [-0.05, 0) is 17.2 Å². The van der Waals surface area contributed by atoms with Crippen molar-refractivity contribution in [2.75, 3.05) is 6.61 Å². The number of aliphatic hydroxyl groups excluding tert-OH is 3. The number of benzene rings is 1. The Labute approximate surface area is 189 Å². The van der Waals surface area contributed by atoms with Crippen molar-refractivity contribution in [1.82, 2.24) is 14.1 Å². The van der Waals surface area contributed by atoms with E-state index >= 15 is 0 Å². The van der Waals surface area contributed by atoms with Gasteiger partial charge in [0.1, 0.15) is 18.3 Å². The van der Waals surface area contributed by atoms with Crippen molar-refractivity contribution in [3.05, 3.63) is 87.0 Å². The van der Waals surface area contributed by atoms with Crippen molar-refractivity contribution in [3.63, 3.8) is 0 Å². The molecule has 9 nitrogen and oxygen atoms in total. The summed E-state index contributed by atoms with van der Waals surface area (Å²) in [6, 6.07) is 9.98. The number of nitrogens with zero attached hydrogens (tertiary/aromatic N) is 3. The largest absolute Gasteiger partial charge is 0.418 e. The van der Waals surface area contributed by atoms with E-state index in [1.54, 1.807) is 18.2 Å². The molecule has 180 valence electrons. The first-order chi connectivity index (χ1) is 16.1. The minimum absolute atomic E-state index is 0.0185. The van der Waals surface area contributed by atoms with Crippen LogP contribution in [0.4, 0.5) is 13.2 Å². The van der Waals surface area contributed by atoms with Gasteiger partial charge in [-0.2, -0.15) is 13.2 Å². The lowest BCUT2D eigenvalue weighted by Gasteiger charge is -2.19. The molecule has 2 aromatic heterocycles. The zero-order chi connectivity index (χ0) is 24.6. The molecule has 0 radical (unpaired) electrons. The molecule has 12 heteroatoms. The van der Waals surface area contributed by atoms with E-state index in [0.717, 1.165) is 27.5 Å². The Kier molecular flexibility index (Phi) is 6.41. The summed E-state index contributed by atoms with van der Waals surface area (Å²) in [5.74, 6) is 0. The van der Waals surface area contributed by atoms with Crippen molar-refractivity contribution >= 4 is 0 Å². The van der Waals surface area contributed by atoms with Crippen LogP contribution in [0.15, 0.2) is 64.4 Å². The first-order valence-corrected chi connectivity index (χ1v) is 10.2. The second-order valence-corrected chi connectivity index (χ2v) is 7.74. The summed E-state index contributed by atoms with van der Waals surface area (Å²) in [5, 5.41) is 29.4. The fourth-order valence-electron chi connectivity index (χ4n) is 3.81. The van der Waals surface area contributed by atoms with Gasteiger partial charge >= 0.3 is 11.9 Å². The molecule has 0 bridgehead atoms. The number of alkyl halides is 3. The first-order valence-electron chi connectivity index (χ1n) is 10.2. The second kappa shape index (κ2) is 9.14. The zero-order valence-electron chi connectivity index (χ0n) is 17.5. The van der Waals surface area contributed by atoms with Crippen LogP contribution in [0.3, 0.4) is 0 Å².